The van der Waals surface area contributed by atoms with Gasteiger partial charge >= 0.3 is 0 Å². The number of carbonyl (C=O) groups excluding carboxylic acids is 1. The average molecular weight is 591 g/mol. The van der Waals surface area contributed by atoms with Gasteiger partial charge in [0.25, 0.3) is 11.8 Å². The number of halogens is 1. The summed E-state index contributed by atoms with van der Waals surface area (Å²) < 4.78 is 42.5. The Labute approximate surface area is 247 Å². The van der Waals surface area contributed by atoms with E-state index >= 15 is 4.39 Å². The summed E-state index contributed by atoms with van der Waals surface area (Å²) in [5, 5.41) is 13.8. The van der Waals surface area contributed by atoms with E-state index in [4.69, 9.17) is 23.7 Å². The van der Waals surface area contributed by atoms with Crippen molar-refractivity contribution in [1.29, 1.82) is 0 Å². The van der Waals surface area contributed by atoms with Gasteiger partial charge in [0.15, 0.2) is 23.1 Å². The number of benzene rings is 1. The monoisotopic (exact) mass is 590 g/mol. The van der Waals surface area contributed by atoms with E-state index in [1.807, 2.05) is 6.08 Å². The molecule has 0 spiro atoms. The van der Waals surface area contributed by atoms with Crippen LogP contribution in [0.3, 0.4) is 0 Å². The lowest BCUT2D eigenvalue weighted by molar-refractivity contribution is 0.102. The molecular formula is C31H31FN4O7. The summed E-state index contributed by atoms with van der Waals surface area (Å²) in [6.07, 6.45) is 3.96. The highest BCUT2D eigenvalue weighted by atomic mass is 19.1. The molecule has 224 valence electrons. The minimum absolute atomic E-state index is 0.0163. The number of aryl methyl sites for hydroxylation is 2. The lowest BCUT2D eigenvalue weighted by atomic mass is 9.95. The minimum Gasteiger partial charge on any atom is -0.506 e. The average Bonchev–Trinajstić information content (AvgIpc) is 2.98. The van der Waals surface area contributed by atoms with Crippen LogP contribution in [0.15, 0.2) is 42.6 Å². The fourth-order valence-electron chi connectivity index (χ4n) is 4.79. The van der Waals surface area contributed by atoms with Gasteiger partial charge in [-0.3, -0.25) is 14.8 Å². The Morgan fingerprint density at radius 1 is 1.07 bits per heavy atom. The van der Waals surface area contributed by atoms with Gasteiger partial charge in [-0.15, -0.1) is 0 Å². The summed E-state index contributed by atoms with van der Waals surface area (Å²) >= 11 is 0. The number of hydrogen-bond acceptors (Lipinski definition) is 10. The van der Waals surface area contributed by atoms with E-state index in [1.165, 1.54) is 25.4 Å². The maximum absolute atomic E-state index is 15.2. The van der Waals surface area contributed by atoms with Gasteiger partial charge < -0.3 is 34.1 Å². The molecule has 1 aliphatic heterocycles. The zero-order chi connectivity index (χ0) is 30.5. The molecule has 0 saturated heterocycles. The van der Waals surface area contributed by atoms with Crippen molar-refractivity contribution >= 4 is 28.2 Å². The second kappa shape index (κ2) is 13.0. The van der Waals surface area contributed by atoms with Crippen molar-refractivity contribution in [2.45, 2.75) is 20.3 Å². The van der Waals surface area contributed by atoms with Gasteiger partial charge in [-0.05, 0) is 38.0 Å². The maximum Gasteiger partial charge on any atom is 0.261 e. The van der Waals surface area contributed by atoms with Crippen molar-refractivity contribution in [2.75, 3.05) is 46.0 Å². The van der Waals surface area contributed by atoms with Crippen molar-refractivity contribution in [3.8, 4) is 28.9 Å². The Balaban J connectivity index is 1.38. The summed E-state index contributed by atoms with van der Waals surface area (Å²) in [4.78, 5) is 26.5. The minimum atomic E-state index is -0.731. The SMILES string of the molecule is COCCOc1cc2nccc(Oc3ccc(NC(=O)c4c(C)nc(C)c(C5=CCOCC5)c4O)cc3F)c2nc1OC. The van der Waals surface area contributed by atoms with E-state index in [0.717, 1.165) is 11.6 Å². The van der Waals surface area contributed by atoms with Gasteiger partial charge in [-0.25, -0.2) is 9.37 Å². The molecule has 4 aromatic rings. The molecular weight excluding hydrogens is 559 g/mol. The molecule has 0 saturated carbocycles. The van der Waals surface area contributed by atoms with Crippen LogP contribution in [0.4, 0.5) is 10.1 Å². The quantitative estimate of drug-likeness (QED) is 0.232. The number of anilines is 1. The zero-order valence-electron chi connectivity index (χ0n) is 24.2. The lowest BCUT2D eigenvalue weighted by Crippen LogP contribution is -2.17. The second-order valence-corrected chi connectivity index (χ2v) is 9.65. The summed E-state index contributed by atoms with van der Waals surface area (Å²) in [5.74, 6) is -0.796. The van der Waals surface area contributed by atoms with Gasteiger partial charge in [0.2, 0.25) is 0 Å². The number of rotatable bonds is 10. The smallest absolute Gasteiger partial charge is 0.261 e. The molecule has 0 radical (unpaired) electrons. The number of carbonyl (C=O) groups is 1. The van der Waals surface area contributed by atoms with Gasteiger partial charge in [0.05, 0.1) is 38.1 Å². The topological polar surface area (TPSA) is 134 Å². The predicted molar refractivity (Wildman–Crippen MR) is 157 cm³/mol. The number of nitrogens with one attached hydrogen (secondary N) is 1. The summed E-state index contributed by atoms with van der Waals surface area (Å²) in [5.41, 5.74) is 3.30. The van der Waals surface area contributed by atoms with Gasteiger partial charge in [0.1, 0.15) is 23.4 Å². The molecule has 0 aliphatic carbocycles. The summed E-state index contributed by atoms with van der Waals surface area (Å²) in [7, 11) is 3.02. The van der Waals surface area contributed by atoms with E-state index in [1.54, 1.807) is 33.1 Å². The normalized spacial score (nSPS) is 13.0. The molecule has 1 amide bonds. The molecule has 0 atom stereocenters. The van der Waals surface area contributed by atoms with Crippen molar-refractivity contribution < 1.29 is 38.0 Å². The maximum atomic E-state index is 15.2. The van der Waals surface area contributed by atoms with Crippen molar-refractivity contribution in [3.05, 3.63) is 70.9 Å². The number of aromatic hydroxyl groups is 1. The number of methoxy groups -OCH3 is 2. The molecule has 1 aromatic carbocycles. The Kier molecular flexibility index (Phi) is 8.98. The van der Waals surface area contributed by atoms with E-state index in [2.05, 4.69) is 20.3 Å². The molecule has 0 unspecified atom stereocenters. The number of hydrogen-bond donors (Lipinski definition) is 2. The van der Waals surface area contributed by atoms with Crippen LogP contribution in [0.5, 0.6) is 28.9 Å². The number of ether oxygens (including phenoxy) is 5. The van der Waals surface area contributed by atoms with Crippen LogP contribution in [0.1, 0.15) is 33.7 Å². The van der Waals surface area contributed by atoms with Crippen molar-refractivity contribution in [2.24, 2.45) is 0 Å². The fourth-order valence-corrected chi connectivity index (χ4v) is 4.79. The molecule has 0 fully saturated rings. The first-order valence-electron chi connectivity index (χ1n) is 13.5. The zero-order valence-corrected chi connectivity index (χ0v) is 24.2. The van der Waals surface area contributed by atoms with Crippen LogP contribution in [0.25, 0.3) is 16.6 Å². The van der Waals surface area contributed by atoms with Crippen LogP contribution in [0.2, 0.25) is 0 Å². The predicted octanol–water partition coefficient (Wildman–Crippen LogP) is 5.37. The highest BCUT2D eigenvalue weighted by Gasteiger charge is 2.24. The lowest BCUT2D eigenvalue weighted by Gasteiger charge is -2.19. The third-order valence-electron chi connectivity index (χ3n) is 6.80. The van der Waals surface area contributed by atoms with Crippen molar-refractivity contribution in [1.82, 2.24) is 15.0 Å². The van der Waals surface area contributed by atoms with Crippen LogP contribution in [0, 0.1) is 19.7 Å². The number of amides is 1. The van der Waals surface area contributed by atoms with Crippen LogP contribution >= 0.6 is 0 Å². The Morgan fingerprint density at radius 3 is 2.63 bits per heavy atom. The van der Waals surface area contributed by atoms with Gasteiger partial charge in [0, 0.05) is 48.5 Å². The highest BCUT2D eigenvalue weighted by molar-refractivity contribution is 6.08. The Bertz CT molecular complexity index is 1710. The molecule has 11 nitrogen and oxygen atoms in total. The van der Waals surface area contributed by atoms with E-state index in [-0.39, 0.29) is 34.4 Å². The van der Waals surface area contributed by atoms with Crippen molar-refractivity contribution in [3.63, 3.8) is 0 Å². The van der Waals surface area contributed by atoms with Gasteiger partial charge in [-0.2, -0.15) is 0 Å². The first-order chi connectivity index (χ1) is 20.8. The first kappa shape index (κ1) is 29.7. The van der Waals surface area contributed by atoms with Crippen LogP contribution in [-0.2, 0) is 9.47 Å². The molecule has 43 heavy (non-hydrogen) atoms. The number of fused-ring (bicyclic) bond motifs is 1. The number of pyridine rings is 3. The summed E-state index contributed by atoms with van der Waals surface area (Å²) in [6.45, 7) is 5.01. The molecule has 5 rings (SSSR count). The largest absolute Gasteiger partial charge is 0.506 e. The molecule has 0 bridgehead atoms. The van der Waals surface area contributed by atoms with E-state index < -0.39 is 11.7 Å². The first-order valence-corrected chi connectivity index (χ1v) is 13.5. The third kappa shape index (κ3) is 6.35. The number of aromatic nitrogens is 3. The van der Waals surface area contributed by atoms with E-state index in [9.17, 15) is 9.90 Å². The van der Waals surface area contributed by atoms with Gasteiger partial charge in [-0.1, -0.05) is 6.08 Å². The Morgan fingerprint density at radius 2 is 1.91 bits per heavy atom. The number of nitrogens with zero attached hydrogens (tertiary/aromatic N) is 3. The molecule has 2 N–H and O–H groups in total. The highest BCUT2D eigenvalue weighted by Crippen LogP contribution is 2.37. The summed E-state index contributed by atoms with van der Waals surface area (Å²) in [6, 6.07) is 7.21. The third-order valence-corrected chi connectivity index (χ3v) is 6.80. The molecule has 1 aliphatic rings. The Hall–Kier alpha value is -4.81. The second-order valence-electron chi connectivity index (χ2n) is 9.65. The molecule has 12 heteroatoms. The van der Waals surface area contributed by atoms with Crippen LogP contribution < -0.4 is 19.5 Å². The van der Waals surface area contributed by atoms with Crippen LogP contribution in [-0.4, -0.2) is 66.6 Å². The van der Waals surface area contributed by atoms with E-state index in [0.29, 0.717) is 66.6 Å². The standard InChI is InChI=1S/C31H31FN4O7/c1-17-26(19-8-11-41-12-9-19)29(37)27(18(2)34-17)30(38)35-20-5-6-23(21(32)15-20)43-24-7-10-33-22-16-25(42-14-13-39-3)31(40-4)36-28(22)24/h5-8,10,15-16H,9,11-14H2,1-4H3,(H,34,37)(H,35,38). The fraction of sp³-hybridized carbons (Fsp3) is 0.290. The molecule has 4 heterocycles. The molecule has 3 aromatic heterocycles.